The van der Waals surface area contributed by atoms with Crippen molar-refractivity contribution in [3.63, 3.8) is 0 Å². The minimum atomic E-state index is -0.139. The number of carbonyl (C=O) groups is 2. The molecule has 2 atom stereocenters. The number of amides is 2. The highest BCUT2D eigenvalue weighted by molar-refractivity contribution is 5.93. The number of likely N-dealkylation sites (tertiary alicyclic amines) is 1. The lowest BCUT2D eigenvalue weighted by atomic mass is 9.67. The Labute approximate surface area is 173 Å². The first-order valence-electron chi connectivity index (χ1n) is 10.4. The van der Waals surface area contributed by atoms with Gasteiger partial charge in [0.15, 0.2) is 0 Å². The molecule has 3 aliphatic rings. The number of nitrogens with one attached hydrogen (secondary N) is 2. The Hall–Kier alpha value is -1.60. The number of aryl methyl sites for hydroxylation is 1. The average molecular weight is 410 g/mol. The molecule has 0 aromatic carbocycles. The molecule has 2 saturated heterocycles. The van der Waals surface area contributed by atoms with Crippen LogP contribution in [0.1, 0.15) is 48.9 Å². The standard InChI is InChI=1S/C20H31N5O2.ClH/c1-24-13-16(11-23-24)18(26)22-10-15-5-8-25(9-6-15)19(27)20-7-3-2-4-17(20)12-21-14-20;/h11,13,15,17,21H,2-10,12,14H2,1H3,(H,22,26);1H/t17-,20+;/m0./s1. The molecule has 156 valence electrons. The lowest BCUT2D eigenvalue weighted by molar-refractivity contribution is -0.146. The van der Waals surface area contributed by atoms with E-state index in [1.54, 1.807) is 24.1 Å². The first-order valence-corrected chi connectivity index (χ1v) is 10.4. The number of carbonyl (C=O) groups excluding carboxylic acids is 2. The average Bonchev–Trinajstić information content (AvgIpc) is 3.33. The number of nitrogens with zero attached hydrogens (tertiary/aromatic N) is 3. The molecule has 4 rings (SSSR count). The molecular formula is C20H32ClN5O2. The highest BCUT2D eigenvalue weighted by atomic mass is 35.5. The van der Waals surface area contributed by atoms with Crippen LogP contribution in [0.4, 0.5) is 0 Å². The van der Waals surface area contributed by atoms with Gasteiger partial charge in [-0.3, -0.25) is 14.3 Å². The van der Waals surface area contributed by atoms with Crippen molar-refractivity contribution in [2.24, 2.45) is 24.3 Å². The molecule has 7 nitrogen and oxygen atoms in total. The van der Waals surface area contributed by atoms with E-state index in [1.807, 2.05) is 0 Å². The SMILES string of the molecule is Cl.Cn1cc(C(=O)NCC2CCN(C(=O)[C@@]34CCCC[C@H]3CNC4)CC2)cn1. The van der Waals surface area contributed by atoms with Crippen LogP contribution in [0.15, 0.2) is 12.4 Å². The van der Waals surface area contributed by atoms with Crippen molar-refractivity contribution >= 4 is 24.2 Å². The van der Waals surface area contributed by atoms with Crippen molar-refractivity contribution in [1.29, 1.82) is 0 Å². The van der Waals surface area contributed by atoms with Crippen LogP contribution in [0, 0.1) is 17.3 Å². The van der Waals surface area contributed by atoms with Crippen molar-refractivity contribution in [3.05, 3.63) is 18.0 Å². The van der Waals surface area contributed by atoms with Crippen molar-refractivity contribution < 1.29 is 9.59 Å². The lowest BCUT2D eigenvalue weighted by Gasteiger charge is -2.43. The smallest absolute Gasteiger partial charge is 0.254 e. The van der Waals surface area contributed by atoms with Crippen LogP contribution in [-0.2, 0) is 11.8 Å². The van der Waals surface area contributed by atoms with Crippen molar-refractivity contribution in [3.8, 4) is 0 Å². The quantitative estimate of drug-likeness (QED) is 0.791. The van der Waals surface area contributed by atoms with Gasteiger partial charge in [-0.15, -0.1) is 12.4 Å². The minimum absolute atomic E-state index is 0. The number of piperidine rings is 1. The first-order chi connectivity index (χ1) is 13.1. The van der Waals surface area contributed by atoms with E-state index in [4.69, 9.17) is 0 Å². The third-order valence-corrected chi connectivity index (χ3v) is 6.88. The van der Waals surface area contributed by atoms with Gasteiger partial charge in [0, 0.05) is 39.4 Å². The zero-order valence-corrected chi connectivity index (χ0v) is 17.5. The van der Waals surface area contributed by atoms with Crippen LogP contribution >= 0.6 is 12.4 Å². The third-order valence-electron chi connectivity index (χ3n) is 6.88. The van der Waals surface area contributed by atoms with Gasteiger partial charge in [-0.2, -0.15) is 5.10 Å². The van der Waals surface area contributed by atoms with Gasteiger partial charge in [-0.25, -0.2) is 0 Å². The van der Waals surface area contributed by atoms with Crippen molar-refractivity contribution in [2.45, 2.75) is 38.5 Å². The molecule has 3 fully saturated rings. The molecule has 0 bridgehead atoms. The number of halogens is 1. The fourth-order valence-corrected chi connectivity index (χ4v) is 5.20. The molecule has 3 heterocycles. The van der Waals surface area contributed by atoms with E-state index in [-0.39, 0.29) is 23.7 Å². The van der Waals surface area contributed by atoms with Crippen LogP contribution in [0.5, 0.6) is 0 Å². The van der Waals surface area contributed by atoms with Crippen LogP contribution in [-0.4, -0.2) is 59.2 Å². The summed E-state index contributed by atoms with van der Waals surface area (Å²) in [5.41, 5.74) is 0.459. The normalized spacial score (nSPS) is 27.8. The summed E-state index contributed by atoms with van der Waals surface area (Å²) < 4.78 is 1.63. The second-order valence-corrected chi connectivity index (χ2v) is 8.58. The lowest BCUT2D eigenvalue weighted by Crippen LogP contribution is -2.52. The Morgan fingerprint density at radius 1 is 1.29 bits per heavy atom. The Morgan fingerprint density at radius 3 is 2.79 bits per heavy atom. The molecule has 1 aliphatic carbocycles. The summed E-state index contributed by atoms with van der Waals surface area (Å²) >= 11 is 0. The largest absolute Gasteiger partial charge is 0.352 e. The van der Waals surface area contributed by atoms with Gasteiger partial charge in [0.05, 0.1) is 17.2 Å². The highest BCUT2D eigenvalue weighted by Crippen LogP contribution is 2.45. The Kier molecular flexibility index (Phi) is 6.65. The summed E-state index contributed by atoms with van der Waals surface area (Å²) in [5, 5.41) is 10.5. The fraction of sp³-hybridized carbons (Fsp3) is 0.750. The summed E-state index contributed by atoms with van der Waals surface area (Å²) in [7, 11) is 1.81. The Bertz CT molecular complexity index is 701. The summed E-state index contributed by atoms with van der Waals surface area (Å²) in [4.78, 5) is 27.6. The van der Waals surface area contributed by atoms with Crippen molar-refractivity contribution in [1.82, 2.24) is 25.3 Å². The second-order valence-electron chi connectivity index (χ2n) is 8.58. The van der Waals surface area contributed by atoms with E-state index >= 15 is 0 Å². The van der Waals surface area contributed by atoms with E-state index in [0.717, 1.165) is 45.4 Å². The predicted molar refractivity (Wildman–Crippen MR) is 109 cm³/mol. The van der Waals surface area contributed by atoms with E-state index < -0.39 is 0 Å². The Morgan fingerprint density at radius 2 is 2.07 bits per heavy atom. The maximum atomic E-state index is 13.3. The molecule has 0 radical (unpaired) electrons. The van der Waals surface area contributed by atoms with E-state index in [9.17, 15) is 9.59 Å². The zero-order valence-electron chi connectivity index (χ0n) is 16.7. The van der Waals surface area contributed by atoms with E-state index in [2.05, 4.69) is 20.6 Å². The molecule has 2 aliphatic heterocycles. The maximum absolute atomic E-state index is 13.3. The molecule has 8 heteroatoms. The van der Waals surface area contributed by atoms with Gasteiger partial charge in [0.1, 0.15) is 0 Å². The number of rotatable bonds is 4. The minimum Gasteiger partial charge on any atom is -0.352 e. The molecule has 0 unspecified atom stereocenters. The third kappa shape index (κ3) is 4.06. The van der Waals surface area contributed by atoms with E-state index in [1.165, 1.54) is 19.3 Å². The van der Waals surface area contributed by atoms with Gasteiger partial charge in [0.25, 0.3) is 5.91 Å². The predicted octanol–water partition coefficient (Wildman–Crippen LogP) is 1.59. The van der Waals surface area contributed by atoms with Gasteiger partial charge in [-0.1, -0.05) is 12.8 Å². The number of hydrogen-bond donors (Lipinski definition) is 2. The van der Waals surface area contributed by atoms with Gasteiger partial charge >= 0.3 is 0 Å². The van der Waals surface area contributed by atoms with Gasteiger partial charge < -0.3 is 15.5 Å². The summed E-state index contributed by atoms with van der Waals surface area (Å²) in [6, 6.07) is 0. The van der Waals surface area contributed by atoms with Crippen molar-refractivity contribution in [2.75, 3.05) is 32.7 Å². The fourth-order valence-electron chi connectivity index (χ4n) is 5.20. The molecule has 2 amide bonds. The molecule has 28 heavy (non-hydrogen) atoms. The zero-order chi connectivity index (χ0) is 18.9. The number of fused-ring (bicyclic) bond motifs is 1. The molecule has 0 spiro atoms. The monoisotopic (exact) mass is 409 g/mol. The molecule has 1 aromatic heterocycles. The molecular weight excluding hydrogens is 378 g/mol. The second kappa shape index (κ2) is 8.82. The van der Waals surface area contributed by atoms with Crippen LogP contribution in [0.25, 0.3) is 0 Å². The molecule has 1 saturated carbocycles. The maximum Gasteiger partial charge on any atom is 0.254 e. The van der Waals surface area contributed by atoms with Gasteiger partial charge in [0.2, 0.25) is 5.91 Å². The summed E-state index contributed by atoms with van der Waals surface area (Å²) in [6.07, 6.45) is 9.93. The highest BCUT2D eigenvalue weighted by Gasteiger charge is 2.51. The van der Waals surface area contributed by atoms with E-state index in [0.29, 0.717) is 29.9 Å². The van der Waals surface area contributed by atoms with Crippen LogP contribution in [0.2, 0.25) is 0 Å². The van der Waals surface area contributed by atoms with Crippen LogP contribution in [0.3, 0.4) is 0 Å². The van der Waals surface area contributed by atoms with Crippen LogP contribution < -0.4 is 10.6 Å². The number of hydrogen-bond acceptors (Lipinski definition) is 4. The number of aromatic nitrogens is 2. The molecule has 1 aromatic rings. The summed E-state index contributed by atoms with van der Waals surface area (Å²) in [6.45, 7) is 4.17. The molecule has 2 N–H and O–H groups in total. The first kappa shape index (κ1) is 21.1. The Balaban J connectivity index is 0.00000225. The summed E-state index contributed by atoms with van der Waals surface area (Å²) in [5.74, 6) is 1.28. The topological polar surface area (TPSA) is 79.3 Å². The van der Waals surface area contributed by atoms with Gasteiger partial charge in [-0.05, 0) is 44.1 Å².